The molecule has 1 atom stereocenters. The minimum absolute atomic E-state index is 0.00245. The molecule has 2 aromatic rings. The number of methoxy groups -OCH3 is 1. The number of rotatable bonds is 10. The first kappa shape index (κ1) is 25.6. The molecule has 0 spiro atoms. The number of carbonyl (C=O) groups excluding carboxylic acids is 1. The maximum absolute atomic E-state index is 13.0. The molecule has 0 aromatic heterocycles. The van der Waals surface area contributed by atoms with Crippen molar-refractivity contribution in [3.63, 3.8) is 0 Å². The molecule has 184 valence electrons. The third-order valence-corrected chi connectivity index (χ3v) is 7.89. The predicted molar refractivity (Wildman–Crippen MR) is 127 cm³/mol. The third kappa shape index (κ3) is 6.10. The molecule has 1 N–H and O–H groups in total. The Kier molecular flexibility index (Phi) is 8.59. The normalized spacial score (nSPS) is 16.1. The van der Waals surface area contributed by atoms with E-state index in [9.17, 15) is 23.3 Å². The molecule has 34 heavy (non-hydrogen) atoms. The molecule has 1 amide bonds. The lowest BCUT2D eigenvalue weighted by Crippen LogP contribution is -2.51. The van der Waals surface area contributed by atoms with Crippen LogP contribution in [0.4, 0.5) is 5.69 Å². The minimum Gasteiger partial charge on any atom is -0.490 e. The van der Waals surface area contributed by atoms with Gasteiger partial charge in [-0.15, -0.1) is 0 Å². The summed E-state index contributed by atoms with van der Waals surface area (Å²) in [6.07, 6.45) is 0.907. The van der Waals surface area contributed by atoms with Crippen molar-refractivity contribution in [3.05, 3.63) is 64.2 Å². The predicted octanol–water partition coefficient (Wildman–Crippen LogP) is 2.22. The first-order valence-electron chi connectivity index (χ1n) is 11.1. The van der Waals surface area contributed by atoms with E-state index in [0.717, 1.165) is 12.5 Å². The van der Waals surface area contributed by atoms with Crippen LogP contribution in [0.2, 0.25) is 0 Å². The lowest BCUT2D eigenvalue weighted by molar-refractivity contribution is -0.386. The van der Waals surface area contributed by atoms with Gasteiger partial charge in [0.05, 0.1) is 23.5 Å². The van der Waals surface area contributed by atoms with Crippen LogP contribution in [0.25, 0.3) is 0 Å². The quantitative estimate of drug-likeness (QED) is 0.400. The maximum atomic E-state index is 13.0. The van der Waals surface area contributed by atoms with Crippen molar-refractivity contribution in [1.82, 2.24) is 14.5 Å². The number of piperazine rings is 1. The van der Waals surface area contributed by atoms with Crippen molar-refractivity contribution in [2.45, 2.75) is 24.2 Å². The summed E-state index contributed by atoms with van der Waals surface area (Å²) in [5, 5.41) is 14.2. The van der Waals surface area contributed by atoms with Gasteiger partial charge in [0, 0.05) is 44.7 Å². The third-order valence-electron chi connectivity index (χ3n) is 5.99. The van der Waals surface area contributed by atoms with Crippen LogP contribution in [0, 0.1) is 10.1 Å². The van der Waals surface area contributed by atoms with Crippen LogP contribution in [0.15, 0.2) is 53.4 Å². The number of nitro benzene ring substituents is 1. The van der Waals surface area contributed by atoms with Crippen molar-refractivity contribution in [1.29, 1.82) is 0 Å². The van der Waals surface area contributed by atoms with Crippen molar-refractivity contribution in [3.8, 4) is 5.75 Å². The number of sulfonamides is 1. The van der Waals surface area contributed by atoms with Crippen LogP contribution in [0.1, 0.15) is 24.8 Å². The highest BCUT2D eigenvalue weighted by molar-refractivity contribution is 7.89. The molecule has 1 heterocycles. The Morgan fingerprint density at radius 2 is 1.82 bits per heavy atom. The van der Waals surface area contributed by atoms with Gasteiger partial charge >= 0.3 is 5.69 Å². The lowest BCUT2D eigenvalue weighted by atomic mass is 9.96. The molecule has 1 saturated heterocycles. The van der Waals surface area contributed by atoms with Gasteiger partial charge in [0.1, 0.15) is 0 Å². The average Bonchev–Trinajstić information content (AvgIpc) is 2.85. The Bertz CT molecular complexity index is 1100. The molecule has 0 bridgehead atoms. The second-order valence-electron chi connectivity index (χ2n) is 8.09. The zero-order valence-corrected chi connectivity index (χ0v) is 20.2. The second-order valence-corrected chi connectivity index (χ2v) is 10.0. The summed E-state index contributed by atoms with van der Waals surface area (Å²) in [4.78, 5) is 24.8. The summed E-state index contributed by atoms with van der Waals surface area (Å²) >= 11 is 0. The Labute approximate surface area is 199 Å². The monoisotopic (exact) mass is 490 g/mol. The number of ether oxygens (including phenoxy) is 1. The molecular weight excluding hydrogens is 460 g/mol. The molecule has 3 rings (SSSR count). The molecule has 11 heteroatoms. The Hall–Kier alpha value is -3.02. The van der Waals surface area contributed by atoms with Crippen molar-refractivity contribution in [2.75, 3.05) is 46.4 Å². The minimum atomic E-state index is -3.90. The topological polar surface area (TPSA) is 122 Å². The Morgan fingerprint density at radius 3 is 2.41 bits per heavy atom. The van der Waals surface area contributed by atoms with Crippen LogP contribution in [0.3, 0.4) is 0 Å². The fraction of sp³-hybridized carbons (Fsp3) is 0.435. The fourth-order valence-electron chi connectivity index (χ4n) is 3.97. The number of amides is 1. The number of nitrogens with one attached hydrogen (secondary N) is 1. The van der Waals surface area contributed by atoms with E-state index in [1.807, 2.05) is 23.1 Å². The van der Waals surface area contributed by atoms with Crippen molar-refractivity contribution in [2.24, 2.45) is 0 Å². The maximum Gasteiger partial charge on any atom is 0.312 e. The number of hydrogen-bond donors (Lipinski definition) is 1. The molecule has 1 aliphatic rings. The van der Waals surface area contributed by atoms with Gasteiger partial charge in [0.15, 0.2) is 5.75 Å². The van der Waals surface area contributed by atoms with Crippen LogP contribution >= 0.6 is 0 Å². The van der Waals surface area contributed by atoms with Gasteiger partial charge in [-0.05, 0) is 24.1 Å². The highest BCUT2D eigenvalue weighted by atomic mass is 32.2. The van der Waals surface area contributed by atoms with Crippen LogP contribution in [-0.2, 0) is 14.8 Å². The van der Waals surface area contributed by atoms with Gasteiger partial charge in [-0.25, -0.2) is 8.42 Å². The van der Waals surface area contributed by atoms with E-state index in [1.54, 1.807) is 0 Å². The van der Waals surface area contributed by atoms with Crippen molar-refractivity contribution < 1.29 is 22.9 Å². The summed E-state index contributed by atoms with van der Waals surface area (Å²) in [6.45, 7) is 3.98. The Morgan fingerprint density at radius 1 is 1.15 bits per heavy atom. The van der Waals surface area contributed by atoms with E-state index in [0.29, 0.717) is 19.6 Å². The van der Waals surface area contributed by atoms with E-state index >= 15 is 0 Å². The number of benzene rings is 2. The van der Waals surface area contributed by atoms with Gasteiger partial charge in [0.25, 0.3) is 0 Å². The Balaban J connectivity index is 1.54. The first-order valence-corrected chi connectivity index (χ1v) is 12.6. The largest absolute Gasteiger partial charge is 0.490 e. The first-order chi connectivity index (χ1) is 16.3. The molecule has 1 fully saturated rings. The standard InChI is InChI=1S/C23H30N4O6S/c1-3-18(19-7-5-4-6-8-19)16-24-23(28)17-25-11-13-26(14-12-25)34(31,32)20-9-10-22(33-2)21(15-20)27(29)30/h4-10,15,18H,3,11-14,16-17H2,1-2H3,(H,24,28). The zero-order valence-electron chi connectivity index (χ0n) is 19.3. The van der Waals surface area contributed by atoms with Crippen molar-refractivity contribution >= 4 is 21.6 Å². The smallest absolute Gasteiger partial charge is 0.312 e. The number of carbonyl (C=O) groups is 1. The molecule has 0 saturated carbocycles. The molecular formula is C23H30N4O6S. The van der Waals surface area contributed by atoms with E-state index in [2.05, 4.69) is 24.4 Å². The van der Waals surface area contributed by atoms with E-state index in [4.69, 9.17) is 4.74 Å². The summed E-state index contributed by atoms with van der Waals surface area (Å²) in [6, 6.07) is 13.6. The van der Waals surface area contributed by atoms with Crippen LogP contribution in [-0.4, -0.2) is 74.8 Å². The van der Waals surface area contributed by atoms with Gasteiger partial charge < -0.3 is 10.1 Å². The zero-order chi connectivity index (χ0) is 24.7. The molecule has 0 radical (unpaired) electrons. The summed E-state index contributed by atoms with van der Waals surface area (Å²) in [5.74, 6) is 0.134. The van der Waals surface area contributed by atoms with Gasteiger partial charge in [-0.2, -0.15) is 4.31 Å². The van der Waals surface area contributed by atoms with Crippen LogP contribution in [0.5, 0.6) is 5.75 Å². The van der Waals surface area contributed by atoms with E-state index < -0.39 is 20.6 Å². The molecule has 2 aromatic carbocycles. The van der Waals surface area contributed by atoms with Crippen LogP contribution < -0.4 is 10.1 Å². The van der Waals surface area contributed by atoms with Gasteiger partial charge in [-0.3, -0.25) is 19.8 Å². The second kappa shape index (κ2) is 11.4. The molecule has 0 aliphatic carbocycles. The molecule has 10 nitrogen and oxygen atoms in total. The number of nitrogens with zero attached hydrogens (tertiary/aromatic N) is 3. The van der Waals surface area contributed by atoms with E-state index in [-0.39, 0.29) is 42.1 Å². The number of hydrogen-bond acceptors (Lipinski definition) is 7. The van der Waals surface area contributed by atoms with Gasteiger partial charge in [0.2, 0.25) is 15.9 Å². The SMILES string of the molecule is CCC(CNC(=O)CN1CCN(S(=O)(=O)c2ccc(OC)c([N+](=O)[O-])c2)CC1)c1ccccc1. The fourth-order valence-corrected chi connectivity index (χ4v) is 5.41. The average molecular weight is 491 g/mol. The van der Waals surface area contributed by atoms with E-state index in [1.165, 1.54) is 29.1 Å². The molecule has 1 unspecified atom stereocenters. The van der Waals surface area contributed by atoms with Gasteiger partial charge in [-0.1, -0.05) is 37.3 Å². The lowest BCUT2D eigenvalue weighted by Gasteiger charge is -2.33. The number of nitro groups is 1. The summed E-state index contributed by atoms with van der Waals surface area (Å²) < 4.78 is 32.2. The summed E-state index contributed by atoms with van der Waals surface area (Å²) in [7, 11) is -2.62. The highest BCUT2D eigenvalue weighted by Gasteiger charge is 2.31. The highest BCUT2D eigenvalue weighted by Crippen LogP contribution is 2.30. The molecule has 1 aliphatic heterocycles. The summed E-state index contributed by atoms with van der Waals surface area (Å²) in [5.41, 5.74) is 0.780.